The predicted octanol–water partition coefficient (Wildman–Crippen LogP) is 2.31. The van der Waals surface area contributed by atoms with Gasteiger partial charge in [0, 0.05) is 31.2 Å². The maximum atomic E-state index is 11.6. The highest BCUT2D eigenvalue weighted by Gasteiger charge is 2.39. The molecule has 0 saturated carbocycles. The molecule has 0 aliphatic carbocycles. The van der Waals surface area contributed by atoms with Crippen molar-refractivity contribution in [3.05, 3.63) is 59.8 Å². The van der Waals surface area contributed by atoms with E-state index < -0.39 is 5.91 Å². The first-order valence-corrected chi connectivity index (χ1v) is 9.93. The number of benzene rings is 2. The minimum Gasteiger partial charge on any atom is -0.366 e. The zero-order valence-corrected chi connectivity index (χ0v) is 15.9. The number of nitrogens with one attached hydrogen (secondary N) is 1. The van der Waals surface area contributed by atoms with Crippen molar-refractivity contribution < 1.29 is 4.79 Å². The Balaban J connectivity index is 1.31. The van der Waals surface area contributed by atoms with Crippen LogP contribution in [0.3, 0.4) is 0 Å². The molecule has 6 nitrogen and oxygen atoms in total. The Morgan fingerprint density at radius 1 is 1.11 bits per heavy atom. The quantitative estimate of drug-likeness (QED) is 0.734. The summed E-state index contributed by atoms with van der Waals surface area (Å²) in [6.45, 7) is 5.76. The molecule has 6 heteroatoms. The van der Waals surface area contributed by atoms with E-state index in [9.17, 15) is 4.79 Å². The fraction of sp³-hybridized carbons (Fsp3) is 0.364. The zero-order chi connectivity index (χ0) is 19.1. The number of likely N-dealkylation sites (tertiary alicyclic amines) is 1. The number of amides is 1. The maximum Gasteiger partial charge on any atom is 0.250 e. The van der Waals surface area contributed by atoms with Crippen LogP contribution in [-0.4, -0.2) is 46.8 Å². The summed E-state index contributed by atoms with van der Waals surface area (Å²) < 4.78 is 1.81. The number of nitrogens with zero attached hydrogens (tertiary/aromatic N) is 3. The van der Waals surface area contributed by atoms with Crippen molar-refractivity contribution >= 4 is 16.8 Å². The van der Waals surface area contributed by atoms with E-state index in [1.165, 1.54) is 44.6 Å². The number of carbonyl (C=O) groups is 1. The molecule has 3 N–H and O–H groups in total. The summed E-state index contributed by atoms with van der Waals surface area (Å²) in [5.74, 6) is -0.452. The lowest BCUT2D eigenvalue weighted by molar-refractivity contribution is 0.0520. The number of carbonyl (C=O) groups excluding carboxylic acids is 1. The lowest BCUT2D eigenvalue weighted by atomic mass is 9.73. The molecule has 28 heavy (non-hydrogen) atoms. The van der Waals surface area contributed by atoms with Gasteiger partial charge in [-0.3, -0.25) is 9.69 Å². The molecule has 2 aliphatic rings. The van der Waals surface area contributed by atoms with Crippen molar-refractivity contribution in [3.8, 4) is 5.69 Å². The van der Waals surface area contributed by atoms with Gasteiger partial charge in [-0.1, -0.05) is 24.3 Å². The number of primary amides is 1. The van der Waals surface area contributed by atoms with E-state index in [-0.39, 0.29) is 0 Å². The largest absolute Gasteiger partial charge is 0.366 e. The molecule has 144 valence electrons. The number of rotatable bonds is 4. The van der Waals surface area contributed by atoms with Crippen LogP contribution in [0.1, 0.15) is 28.8 Å². The molecule has 0 atom stereocenters. The number of hydrogen-bond donors (Lipinski definition) is 2. The second kappa shape index (κ2) is 6.72. The molecule has 3 aromatic rings. The maximum absolute atomic E-state index is 11.6. The summed E-state index contributed by atoms with van der Waals surface area (Å²) in [5.41, 5.74) is 9.46. The third-order valence-electron chi connectivity index (χ3n) is 6.33. The van der Waals surface area contributed by atoms with Crippen molar-refractivity contribution in [3.63, 3.8) is 0 Å². The normalized spacial score (nSPS) is 19.0. The number of nitrogens with two attached hydrogens (primary N) is 1. The van der Waals surface area contributed by atoms with Crippen LogP contribution >= 0.6 is 0 Å². The fourth-order valence-electron chi connectivity index (χ4n) is 4.41. The average molecular weight is 375 g/mol. The highest BCUT2D eigenvalue weighted by Crippen LogP contribution is 2.35. The molecule has 0 bridgehead atoms. The number of fused-ring (bicyclic) bond motifs is 1. The van der Waals surface area contributed by atoms with E-state index in [2.05, 4.69) is 39.6 Å². The molecule has 2 aliphatic heterocycles. The SMILES string of the molecule is NC(=O)c1cccc2cn(-c3ccc(CN4CCC5(CC4)CNC5)cc3)nc12. The highest BCUT2D eigenvalue weighted by molar-refractivity contribution is 6.04. The first kappa shape index (κ1) is 17.4. The van der Waals surface area contributed by atoms with Gasteiger partial charge in [0.25, 0.3) is 5.91 Å². The summed E-state index contributed by atoms with van der Waals surface area (Å²) in [5, 5.41) is 8.92. The summed E-state index contributed by atoms with van der Waals surface area (Å²) in [7, 11) is 0. The summed E-state index contributed by atoms with van der Waals surface area (Å²) in [6.07, 6.45) is 4.55. The van der Waals surface area contributed by atoms with Crippen molar-refractivity contribution in [2.45, 2.75) is 19.4 Å². The lowest BCUT2D eigenvalue weighted by Crippen LogP contribution is -2.58. The Morgan fingerprint density at radius 2 is 1.86 bits per heavy atom. The van der Waals surface area contributed by atoms with Gasteiger partial charge in [0.1, 0.15) is 5.52 Å². The first-order chi connectivity index (χ1) is 13.6. The van der Waals surface area contributed by atoms with E-state index in [1.54, 1.807) is 6.07 Å². The summed E-state index contributed by atoms with van der Waals surface area (Å²) in [6, 6.07) is 14.0. The zero-order valence-electron chi connectivity index (χ0n) is 15.9. The van der Waals surface area contributed by atoms with Crippen molar-refractivity contribution in [1.82, 2.24) is 20.0 Å². The Hall–Kier alpha value is -2.70. The molecule has 2 saturated heterocycles. The van der Waals surface area contributed by atoms with Gasteiger partial charge in [-0.05, 0) is 55.1 Å². The van der Waals surface area contributed by atoms with Crippen LogP contribution in [0.2, 0.25) is 0 Å². The third-order valence-corrected chi connectivity index (χ3v) is 6.33. The predicted molar refractivity (Wildman–Crippen MR) is 109 cm³/mol. The van der Waals surface area contributed by atoms with Crippen LogP contribution in [0, 0.1) is 5.41 Å². The van der Waals surface area contributed by atoms with Gasteiger partial charge in [-0.2, -0.15) is 5.10 Å². The minimum absolute atomic E-state index is 0.452. The molecule has 2 aromatic carbocycles. The fourth-order valence-corrected chi connectivity index (χ4v) is 4.41. The number of piperidine rings is 1. The van der Waals surface area contributed by atoms with Crippen molar-refractivity contribution in [1.29, 1.82) is 0 Å². The van der Waals surface area contributed by atoms with E-state index in [0.717, 1.165) is 17.6 Å². The van der Waals surface area contributed by atoms with Gasteiger partial charge in [-0.15, -0.1) is 0 Å². The van der Waals surface area contributed by atoms with Gasteiger partial charge in [-0.25, -0.2) is 4.68 Å². The topological polar surface area (TPSA) is 76.2 Å². The second-order valence-electron chi connectivity index (χ2n) is 8.23. The van der Waals surface area contributed by atoms with Crippen LogP contribution in [-0.2, 0) is 6.54 Å². The molecule has 1 amide bonds. The third kappa shape index (κ3) is 3.08. The van der Waals surface area contributed by atoms with E-state index in [4.69, 9.17) is 5.73 Å². The lowest BCUT2D eigenvalue weighted by Gasteiger charge is -2.48. The Kier molecular flexibility index (Phi) is 4.18. The number of aromatic nitrogens is 2. The molecule has 1 spiro atoms. The molecular formula is C22H25N5O. The van der Waals surface area contributed by atoms with Crippen LogP contribution < -0.4 is 11.1 Å². The Morgan fingerprint density at radius 3 is 2.50 bits per heavy atom. The Labute approximate surface area is 164 Å². The van der Waals surface area contributed by atoms with E-state index in [0.29, 0.717) is 16.5 Å². The molecular weight excluding hydrogens is 350 g/mol. The molecule has 3 heterocycles. The first-order valence-electron chi connectivity index (χ1n) is 9.93. The standard InChI is InChI=1S/C22H25N5O/c23-21(28)19-3-1-2-17-13-27(25-20(17)19)18-6-4-16(5-7-18)12-26-10-8-22(9-11-26)14-24-15-22/h1-7,13,24H,8-12,14-15H2,(H2,23,28). The van der Waals surface area contributed by atoms with Crippen LogP contribution in [0.5, 0.6) is 0 Å². The van der Waals surface area contributed by atoms with Gasteiger partial charge in [0.2, 0.25) is 0 Å². The van der Waals surface area contributed by atoms with Gasteiger partial charge >= 0.3 is 0 Å². The van der Waals surface area contributed by atoms with Crippen LogP contribution in [0.4, 0.5) is 0 Å². The second-order valence-corrected chi connectivity index (χ2v) is 8.23. The molecule has 0 radical (unpaired) electrons. The van der Waals surface area contributed by atoms with Crippen molar-refractivity contribution in [2.75, 3.05) is 26.2 Å². The Bertz CT molecular complexity index is 1010. The van der Waals surface area contributed by atoms with Crippen LogP contribution in [0.15, 0.2) is 48.7 Å². The molecule has 2 fully saturated rings. The molecule has 1 aromatic heterocycles. The average Bonchev–Trinajstić information content (AvgIpc) is 3.12. The highest BCUT2D eigenvalue weighted by atomic mass is 16.1. The smallest absolute Gasteiger partial charge is 0.250 e. The van der Waals surface area contributed by atoms with Crippen LogP contribution in [0.25, 0.3) is 16.6 Å². The summed E-state index contributed by atoms with van der Waals surface area (Å²) >= 11 is 0. The number of hydrogen-bond acceptors (Lipinski definition) is 4. The molecule has 5 rings (SSSR count). The monoisotopic (exact) mass is 375 g/mol. The summed E-state index contributed by atoms with van der Waals surface area (Å²) in [4.78, 5) is 14.2. The van der Waals surface area contributed by atoms with E-state index >= 15 is 0 Å². The van der Waals surface area contributed by atoms with Gasteiger partial charge in [0.15, 0.2) is 0 Å². The van der Waals surface area contributed by atoms with Crippen molar-refractivity contribution in [2.24, 2.45) is 11.1 Å². The van der Waals surface area contributed by atoms with E-state index in [1.807, 2.05) is 23.0 Å². The minimum atomic E-state index is -0.452. The van der Waals surface area contributed by atoms with Gasteiger partial charge in [0.05, 0.1) is 11.3 Å². The molecule has 0 unspecified atom stereocenters. The van der Waals surface area contributed by atoms with Gasteiger partial charge < -0.3 is 11.1 Å².